The first-order chi connectivity index (χ1) is 12.7. The Bertz CT molecular complexity index is 922. The molecule has 0 saturated heterocycles. The van der Waals surface area contributed by atoms with Crippen molar-refractivity contribution in [3.8, 4) is 0 Å². The number of nitrogens with one attached hydrogen (secondary N) is 1. The van der Waals surface area contributed by atoms with Crippen molar-refractivity contribution in [1.82, 2.24) is 20.4 Å². The van der Waals surface area contributed by atoms with Gasteiger partial charge in [0.25, 0.3) is 0 Å². The van der Waals surface area contributed by atoms with Crippen molar-refractivity contribution in [3.63, 3.8) is 0 Å². The second kappa shape index (κ2) is 7.06. The summed E-state index contributed by atoms with van der Waals surface area (Å²) < 4.78 is 14.1. The van der Waals surface area contributed by atoms with Crippen molar-refractivity contribution in [3.05, 3.63) is 101 Å². The first kappa shape index (κ1) is 16.4. The zero-order chi connectivity index (χ0) is 17.9. The molecule has 0 spiro atoms. The molecule has 0 fully saturated rings. The largest absolute Gasteiger partial charge is 0.301 e. The molecule has 0 aliphatic carbocycles. The maximum atomic E-state index is 14.1. The summed E-state index contributed by atoms with van der Waals surface area (Å²) in [6.07, 6.45) is 5.70. The second-order valence-electron chi connectivity index (χ2n) is 6.31. The fraction of sp³-hybridized carbons (Fsp3) is 0.143. The lowest BCUT2D eigenvalue weighted by atomic mass is 10.1. The highest BCUT2D eigenvalue weighted by molar-refractivity contribution is 5.63. The summed E-state index contributed by atoms with van der Waals surface area (Å²) in [5, 5.41) is 1.94. The van der Waals surface area contributed by atoms with Crippen LogP contribution < -0.4 is 5.43 Å². The predicted molar refractivity (Wildman–Crippen MR) is 99.0 cm³/mol. The molecule has 2 aromatic heterocycles. The van der Waals surface area contributed by atoms with Gasteiger partial charge in [-0.2, -0.15) is 0 Å². The van der Waals surface area contributed by atoms with Gasteiger partial charge in [0.2, 0.25) is 0 Å². The molecule has 1 atom stereocenters. The van der Waals surface area contributed by atoms with Gasteiger partial charge in [-0.1, -0.05) is 30.3 Å². The van der Waals surface area contributed by atoms with Gasteiger partial charge in [-0.25, -0.2) is 9.82 Å². The first-order valence-electron chi connectivity index (χ1n) is 8.53. The van der Waals surface area contributed by atoms with Gasteiger partial charge in [0, 0.05) is 18.0 Å². The summed E-state index contributed by atoms with van der Waals surface area (Å²) >= 11 is 0. The van der Waals surface area contributed by atoms with Crippen LogP contribution in [0, 0.1) is 12.7 Å². The molecule has 4 nitrogen and oxygen atoms in total. The summed E-state index contributed by atoms with van der Waals surface area (Å²) in [6, 6.07) is 16.6. The molecule has 1 aromatic carbocycles. The molecule has 3 heterocycles. The highest BCUT2D eigenvalue weighted by Crippen LogP contribution is 2.30. The molecular weight excluding hydrogens is 327 g/mol. The number of pyridine rings is 2. The van der Waals surface area contributed by atoms with E-state index in [1.807, 2.05) is 54.5 Å². The van der Waals surface area contributed by atoms with Gasteiger partial charge in [0.15, 0.2) is 0 Å². The normalized spacial score (nSPS) is 16.6. The SMILES string of the molecule is Cc1ccc(C2C=C(c3ccccn3)N(Cc3ccccc3F)N2)nc1. The van der Waals surface area contributed by atoms with E-state index in [9.17, 15) is 4.39 Å². The van der Waals surface area contributed by atoms with Crippen molar-refractivity contribution < 1.29 is 4.39 Å². The monoisotopic (exact) mass is 346 g/mol. The first-order valence-corrected chi connectivity index (χ1v) is 8.53. The molecule has 1 N–H and O–H groups in total. The Morgan fingerprint density at radius 1 is 1.04 bits per heavy atom. The zero-order valence-corrected chi connectivity index (χ0v) is 14.4. The number of halogens is 1. The van der Waals surface area contributed by atoms with Crippen LogP contribution in [0.1, 0.15) is 28.6 Å². The Labute approximate surface area is 152 Å². The summed E-state index contributed by atoms with van der Waals surface area (Å²) in [4.78, 5) is 8.97. The van der Waals surface area contributed by atoms with Crippen LogP contribution in [0.5, 0.6) is 0 Å². The minimum absolute atomic E-state index is 0.0839. The molecule has 1 aliphatic heterocycles. The number of hydrogen-bond donors (Lipinski definition) is 1. The van der Waals surface area contributed by atoms with Crippen LogP contribution in [0.4, 0.5) is 4.39 Å². The molecule has 0 radical (unpaired) electrons. The van der Waals surface area contributed by atoms with Gasteiger partial charge < -0.3 is 5.01 Å². The summed E-state index contributed by atoms with van der Waals surface area (Å²) in [7, 11) is 0. The van der Waals surface area contributed by atoms with Crippen molar-refractivity contribution >= 4 is 5.70 Å². The number of hydrazine groups is 1. The molecular formula is C21H19FN4. The van der Waals surface area contributed by atoms with E-state index in [1.165, 1.54) is 6.07 Å². The number of rotatable bonds is 4. The number of aryl methyl sites for hydroxylation is 1. The van der Waals surface area contributed by atoms with E-state index in [1.54, 1.807) is 18.3 Å². The Kier molecular flexibility index (Phi) is 4.46. The summed E-state index contributed by atoms with van der Waals surface area (Å²) in [5.41, 5.74) is 7.84. The van der Waals surface area contributed by atoms with E-state index in [-0.39, 0.29) is 11.9 Å². The molecule has 0 bridgehead atoms. The Hall–Kier alpha value is -3.05. The summed E-state index contributed by atoms with van der Waals surface area (Å²) in [5.74, 6) is -0.216. The average Bonchev–Trinajstić information content (AvgIpc) is 3.09. The van der Waals surface area contributed by atoms with Gasteiger partial charge in [-0.15, -0.1) is 0 Å². The molecule has 26 heavy (non-hydrogen) atoms. The third kappa shape index (κ3) is 3.34. The maximum absolute atomic E-state index is 14.1. The molecule has 0 amide bonds. The van der Waals surface area contributed by atoms with Gasteiger partial charge >= 0.3 is 0 Å². The fourth-order valence-corrected chi connectivity index (χ4v) is 3.00. The van der Waals surface area contributed by atoms with Crippen LogP contribution in [-0.2, 0) is 6.54 Å². The molecule has 0 saturated carbocycles. The van der Waals surface area contributed by atoms with Crippen LogP contribution in [0.2, 0.25) is 0 Å². The van der Waals surface area contributed by atoms with Crippen LogP contribution in [0.25, 0.3) is 5.70 Å². The van der Waals surface area contributed by atoms with Crippen molar-refractivity contribution in [2.75, 3.05) is 0 Å². The average molecular weight is 346 g/mol. The van der Waals surface area contributed by atoms with Crippen LogP contribution in [0.3, 0.4) is 0 Å². The van der Waals surface area contributed by atoms with E-state index in [0.717, 1.165) is 22.6 Å². The van der Waals surface area contributed by atoms with Crippen molar-refractivity contribution in [1.29, 1.82) is 0 Å². The van der Waals surface area contributed by atoms with E-state index >= 15 is 0 Å². The zero-order valence-electron chi connectivity index (χ0n) is 14.4. The molecule has 4 rings (SSSR count). The maximum Gasteiger partial charge on any atom is 0.128 e. The van der Waals surface area contributed by atoms with Gasteiger partial charge in [-0.3, -0.25) is 9.97 Å². The van der Waals surface area contributed by atoms with E-state index in [2.05, 4.69) is 21.5 Å². The molecule has 130 valence electrons. The van der Waals surface area contributed by atoms with Crippen LogP contribution >= 0.6 is 0 Å². The predicted octanol–water partition coefficient (Wildman–Crippen LogP) is 4.03. The molecule has 3 aromatic rings. The number of aromatic nitrogens is 2. The van der Waals surface area contributed by atoms with E-state index in [0.29, 0.717) is 12.1 Å². The smallest absolute Gasteiger partial charge is 0.128 e. The minimum atomic E-state index is -0.216. The van der Waals surface area contributed by atoms with Gasteiger partial charge in [0.05, 0.1) is 29.7 Å². The topological polar surface area (TPSA) is 41.1 Å². The fourth-order valence-electron chi connectivity index (χ4n) is 3.00. The third-order valence-corrected chi connectivity index (χ3v) is 4.38. The van der Waals surface area contributed by atoms with Crippen molar-refractivity contribution in [2.45, 2.75) is 19.5 Å². The highest BCUT2D eigenvalue weighted by Gasteiger charge is 2.27. The quantitative estimate of drug-likeness (QED) is 0.774. The number of hydrogen-bond acceptors (Lipinski definition) is 4. The van der Waals surface area contributed by atoms with Crippen LogP contribution in [-0.4, -0.2) is 15.0 Å². The molecule has 1 aliphatic rings. The van der Waals surface area contributed by atoms with Gasteiger partial charge in [0.1, 0.15) is 5.82 Å². The lowest BCUT2D eigenvalue weighted by Gasteiger charge is -2.24. The highest BCUT2D eigenvalue weighted by atomic mass is 19.1. The van der Waals surface area contributed by atoms with Gasteiger partial charge in [-0.05, 0) is 42.8 Å². The number of nitrogens with zero attached hydrogens (tertiary/aromatic N) is 3. The lowest BCUT2D eigenvalue weighted by molar-refractivity contribution is 0.276. The third-order valence-electron chi connectivity index (χ3n) is 4.38. The van der Waals surface area contributed by atoms with E-state index < -0.39 is 0 Å². The Balaban J connectivity index is 1.67. The molecule has 5 heteroatoms. The standard InChI is InChI=1S/C21H19FN4/c1-15-9-10-18(24-13-15)20-12-21(19-8-4-5-11-23-19)26(25-20)14-16-6-2-3-7-17(16)22/h2-13,20,25H,14H2,1H3. The van der Waals surface area contributed by atoms with E-state index in [4.69, 9.17) is 0 Å². The molecule has 1 unspecified atom stereocenters. The van der Waals surface area contributed by atoms with Crippen LogP contribution in [0.15, 0.2) is 73.1 Å². The Morgan fingerprint density at radius 2 is 1.88 bits per heavy atom. The number of benzene rings is 1. The minimum Gasteiger partial charge on any atom is -0.301 e. The Morgan fingerprint density at radius 3 is 2.62 bits per heavy atom. The lowest BCUT2D eigenvalue weighted by Crippen LogP contribution is -2.33. The van der Waals surface area contributed by atoms with Crippen molar-refractivity contribution in [2.24, 2.45) is 0 Å². The second-order valence-corrected chi connectivity index (χ2v) is 6.31. The summed E-state index contributed by atoms with van der Waals surface area (Å²) in [6.45, 7) is 2.41.